The molecule has 2 aromatic heterocycles. The minimum atomic E-state index is -0.162. The molecule has 2 heterocycles. The molecule has 7 nitrogen and oxygen atoms in total. The third-order valence-corrected chi connectivity index (χ3v) is 4.19. The lowest BCUT2D eigenvalue weighted by atomic mass is 10.1. The van der Waals surface area contributed by atoms with Crippen molar-refractivity contribution >= 4 is 11.7 Å². The minimum absolute atomic E-state index is 0.125. The van der Waals surface area contributed by atoms with Crippen LogP contribution in [0.4, 0.5) is 5.82 Å². The third-order valence-electron chi connectivity index (χ3n) is 4.19. The summed E-state index contributed by atoms with van der Waals surface area (Å²) in [4.78, 5) is 12.2. The molecule has 1 amide bonds. The van der Waals surface area contributed by atoms with Crippen LogP contribution in [0.3, 0.4) is 0 Å². The van der Waals surface area contributed by atoms with E-state index >= 15 is 0 Å². The van der Waals surface area contributed by atoms with Crippen LogP contribution in [0.5, 0.6) is 11.5 Å². The fourth-order valence-electron chi connectivity index (χ4n) is 2.77. The number of carbonyl (C=O) groups is 1. The summed E-state index contributed by atoms with van der Waals surface area (Å²) in [5.41, 5.74) is 1.93. The number of rotatable bonds is 6. The van der Waals surface area contributed by atoms with Gasteiger partial charge in [0.15, 0.2) is 0 Å². The van der Waals surface area contributed by atoms with E-state index in [0.29, 0.717) is 5.82 Å². The second kappa shape index (κ2) is 7.79. The van der Waals surface area contributed by atoms with Crippen molar-refractivity contribution in [3.63, 3.8) is 0 Å². The molecule has 0 saturated heterocycles. The van der Waals surface area contributed by atoms with E-state index in [4.69, 9.17) is 4.74 Å². The van der Waals surface area contributed by atoms with Gasteiger partial charge in [0.2, 0.25) is 5.91 Å². The molecule has 140 valence electrons. The number of nitrogens with one attached hydrogen (secondary N) is 1. The summed E-state index contributed by atoms with van der Waals surface area (Å²) in [5, 5.41) is 11.1. The van der Waals surface area contributed by atoms with Crippen molar-refractivity contribution in [3.05, 3.63) is 79.3 Å². The smallest absolute Gasteiger partial charge is 0.247 e. The molecule has 0 radical (unpaired) electrons. The molecule has 0 saturated carbocycles. The highest BCUT2D eigenvalue weighted by Gasteiger charge is 2.09. The maximum atomic E-state index is 12.2. The Hall–Kier alpha value is -3.87. The summed E-state index contributed by atoms with van der Waals surface area (Å²) in [7, 11) is 1.77. The Bertz CT molecular complexity index is 1070. The Morgan fingerprint density at radius 1 is 0.964 bits per heavy atom. The van der Waals surface area contributed by atoms with Crippen molar-refractivity contribution in [2.24, 2.45) is 7.05 Å². The highest BCUT2D eigenvalue weighted by atomic mass is 16.5. The molecule has 7 heteroatoms. The first-order chi connectivity index (χ1) is 13.7. The molecular weight excluding hydrogens is 354 g/mol. The minimum Gasteiger partial charge on any atom is -0.457 e. The molecule has 0 aliphatic heterocycles. The van der Waals surface area contributed by atoms with Crippen LogP contribution in [0.25, 0.3) is 11.1 Å². The number of para-hydroxylation sites is 1. The van der Waals surface area contributed by atoms with E-state index in [1.165, 1.54) is 0 Å². The molecular formula is C21H19N5O2. The lowest BCUT2D eigenvalue weighted by Crippen LogP contribution is -2.20. The van der Waals surface area contributed by atoms with Crippen LogP contribution in [-0.4, -0.2) is 25.5 Å². The summed E-state index contributed by atoms with van der Waals surface area (Å²) in [6, 6.07) is 19.1. The van der Waals surface area contributed by atoms with Crippen LogP contribution in [0.2, 0.25) is 0 Å². The summed E-state index contributed by atoms with van der Waals surface area (Å²) in [6.07, 6.45) is 5.22. The topological polar surface area (TPSA) is 74.0 Å². The van der Waals surface area contributed by atoms with Crippen LogP contribution in [0.1, 0.15) is 0 Å². The highest BCUT2D eigenvalue weighted by Crippen LogP contribution is 2.25. The van der Waals surface area contributed by atoms with Crippen molar-refractivity contribution in [1.29, 1.82) is 0 Å². The van der Waals surface area contributed by atoms with E-state index in [0.717, 1.165) is 22.6 Å². The van der Waals surface area contributed by atoms with E-state index in [1.807, 2.05) is 60.8 Å². The fourth-order valence-corrected chi connectivity index (χ4v) is 2.77. The Balaban J connectivity index is 1.39. The fraction of sp³-hybridized carbons (Fsp3) is 0.0952. The van der Waals surface area contributed by atoms with E-state index in [1.54, 1.807) is 34.9 Å². The molecule has 0 bridgehead atoms. The van der Waals surface area contributed by atoms with Gasteiger partial charge in [-0.1, -0.05) is 30.3 Å². The molecule has 0 unspecified atom stereocenters. The number of aromatic nitrogens is 4. The van der Waals surface area contributed by atoms with Gasteiger partial charge in [-0.15, -0.1) is 0 Å². The second-order valence-corrected chi connectivity index (χ2v) is 6.25. The number of carbonyl (C=O) groups excluding carboxylic acids is 1. The van der Waals surface area contributed by atoms with Gasteiger partial charge in [-0.05, 0) is 29.8 Å². The van der Waals surface area contributed by atoms with Gasteiger partial charge in [-0.3, -0.25) is 14.2 Å². The SMILES string of the molecule is Cn1nccc1NC(=O)Cn1cc(-c2ccc(Oc3ccccc3)cc2)cn1. The zero-order valence-electron chi connectivity index (χ0n) is 15.3. The predicted molar refractivity (Wildman–Crippen MR) is 106 cm³/mol. The zero-order chi connectivity index (χ0) is 19.3. The molecule has 0 spiro atoms. The Morgan fingerprint density at radius 2 is 1.71 bits per heavy atom. The predicted octanol–water partition coefficient (Wildman–Crippen LogP) is 3.71. The number of ether oxygens (including phenoxy) is 1. The molecule has 0 aliphatic carbocycles. The quantitative estimate of drug-likeness (QED) is 0.559. The van der Waals surface area contributed by atoms with Crippen molar-refractivity contribution in [1.82, 2.24) is 19.6 Å². The van der Waals surface area contributed by atoms with E-state index < -0.39 is 0 Å². The standard InChI is InChI=1S/C21H19N5O2/c1-25-20(11-12-22-25)24-21(27)15-26-14-17(13-23-26)16-7-9-19(10-8-16)28-18-5-3-2-4-6-18/h2-14H,15H2,1H3,(H,24,27). The van der Waals surface area contributed by atoms with Gasteiger partial charge in [0, 0.05) is 24.9 Å². The number of aryl methyl sites for hydroxylation is 1. The van der Waals surface area contributed by atoms with Gasteiger partial charge in [0.1, 0.15) is 23.9 Å². The van der Waals surface area contributed by atoms with Gasteiger partial charge in [0.05, 0.1) is 12.4 Å². The van der Waals surface area contributed by atoms with Crippen molar-refractivity contribution in [3.8, 4) is 22.6 Å². The maximum absolute atomic E-state index is 12.2. The highest BCUT2D eigenvalue weighted by molar-refractivity contribution is 5.89. The largest absolute Gasteiger partial charge is 0.457 e. The molecule has 0 aliphatic rings. The van der Waals surface area contributed by atoms with E-state index in [9.17, 15) is 4.79 Å². The second-order valence-electron chi connectivity index (χ2n) is 6.25. The first-order valence-corrected chi connectivity index (χ1v) is 8.81. The average molecular weight is 373 g/mol. The lowest BCUT2D eigenvalue weighted by molar-refractivity contribution is -0.116. The van der Waals surface area contributed by atoms with E-state index in [-0.39, 0.29) is 12.5 Å². The van der Waals surface area contributed by atoms with Gasteiger partial charge in [-0.25, -0.2) is 0 Å². The number of hydrogen-bond acceptors (Lipinski definition) is 4. The van der Waals surface area contributed by atoms with Gasteiger partial charge in [-0.2, -0.15) is 10.2 Å². The Morgan fingerprint density at radius 3 is 2.43 bits per heavy atom. The molecule has 0 atom stereocenters. The monoisotopic (exact) mass is 373 g/mol. The van der Waals surface area contributed by atoms with Crippen LogP contribution in [-0.2, 0) is 18.4 Å². The van der Waals surface area contributed by atoms with Gasteiger partial charge < -0.3 is 10.1 Å². The molecule has 4 rings (SSSR count). The number of hydrogen-bond donors (Lipinski definition) is 1. The molecule has 2 aromatic carbocycles. The summed E-state index contributed by atoms with van der Waals surface area (Å²) in [5.74, 6) is 2.04. The Kier molecular flexibility index (Phi) is 4.88. The van der Waals surface area contributed by atoms with Crippen molar-refractivity contribution in [2.75, 3.05) is 5.32 Å². The van der Waals surface area contributed by atoms with Crippen LogP contribution < -0.4 is 10.1 Å². The lowest BCUT2D eigenvalue weighted by Gasteiger charge is -2.06. The normalized spacial score (nSPS) is 10.6. The van der Waals surface area contributed by atoms with Gasteiger partial charge >= 0.3 is 0 Å². The molecule has 0 fully saturated rings. The van der Waals surface area contributed by atoms with Crippen LogP contribution in [0, 0.1) is 0 Å². The zero-order valence-corrected chi connectivity index (χ0v) is 15.3. The van der Waals surface area contributed by atoms with Gasteiger partial charge in [0.25, 0.3) is 0 Å². The van der Waals surface area contributed by atoms with Crippen LogP contribution in [0.15, 0.2) is 79.3 Å². The number of anilines is 1. The summed E-state index contributed by atoms with van der Waals surface area (Å²) < 4.78 is 9.02. The molecule has 4 aromatic rings. The summed E-state index contributed by atoms with van der Waals surface area (Å²) >= 11 is 0. The number of nitrogens with zero attached hydrogens (tertiary/aromatic N) is 4. The molecule has 1 N–H and O–H groups in total. The van der Waals surface area contributed by atoms with Crippen molar-refractivity contribution < 1.29 is 9.53 Å². The van der Waals surface area contributed by atoms with Crippen LogP contribution >= 0.6 is 0 Å². The first-order valence-electron chi connectivity index (χ1n) is 8.81. The first kappa shape index (κ1) is 17.5. The maximum Gasteiger partial charge on any atom is 0.247 e. The number of amides is 1. The molecule has 28 heavy (non-hydrogen) atoms. The van der Waals surface area contributed by atoms with E-state index in [2.05, 4.69) is 15.5 Å². The number of benzene rings is 2. The Labute approximate surface area is 162 Å². The third kappa shape index (κ3) is 4.09. The average Bonchev–Trinajstić information content (AvgIpc) is 3.33. The van der Waals surface area contributed by atoms with Crippen molar-refractivity contribution in [2.45, 2.75) is 6.54 Å². The summed E-state index contributed by atoms with van der Waals surface area (Å²) in [6.45, 7) is 0.125.